The zero-order valence-electron chi connectivity index (χ0n) is 11.9. The van der Waals surface area contributed by atoms with Gasteiger partial charge >= 0.3 is 0 Å². The summed E-state index contributed by atoms with van der Waals surface area (Å²) in [5.74, 6) is 0. The number of likely N-dealkylation sites (tertiary alicyclic amines) is 1. The summed E-state index contributed by atoms with van der Waals surface area (Å²) in [6.07, 6.45) is 4.29. The van der Waals surface area contributed by atoms with Gasteiger partial charge in [0, 0.05) is 19.1 Å². The number of piperidine rings is 1. The van der Waals surface area contributed by atoms with E-state index < -0.39 is 11.0 Å². The summed E-state index contributed by atoms with van der Waals surface area (Å²) >= 11 is 0. The van der Waals surface area contributed by atoms with Crippen LogP contribution in [0.15, 0.2) is 0 Å². The van der Waals surface area contributed by atoms with Gasteiger partial charge < -0.3 is 14.7 Å². The standard InChI is InChI=1S/C15H24N2O2/c1-11(2)17-7-5-15(18,6-8-17)14(10-16)9-12-3-4-13(14)19-12/h11-13,18H,3-9H2,1-2H3. The first-order chi connectivity index (χ1) is 9.01. The van der Waals surface area contributed by atoms with E-state index in [1.807, 2.05) is 0 Å². The third kappa shape index (κ3) is 1.83. The molecule has 0 radical (unpaired) electrons. The highest BCUT2D eigenvalue weighted by atomic mass is 16.5. The molecule has 3 aliphatic rings. The largest absolute Gasteiger partial charge is 0.388 e. The molecule has 4 heteroatoms. The molecular formula is C15H24N2O2. The fourth-order valence-electron chi connectivity index (χ4n) is 4.28. The van der Waals surface area contributed by atoms with Crippen LogP contribution >= 0.6 is 0 Å². The summed E-state index contributed by atoms with van der Waals surface area (Å²) < 4.78 is 5.88. The van der Waals surface area contributed by atoms with E-state index in [0.29, 0.717) is 18.9 Å². The van der Waals surface area contributed by atoms with Crippen LogP contribution in [0.1, 0.15) is 46.0 Å². The molecule has 3 aliphatic heterocycles. The minimum absolute atomic E-state index is 0.0434. The quantitative estimate of drug-likeness (QED) is 0.824. The van der Waals surface area contributed by atoms with Crippen molar-refractivity contribution in [3.63, 3.8) is 0 Å². The second-order valence-electron chi connectivity index (χ2n) is 6.77. The van der Waals surface area contributed by atoms with E-state index >= 15 is 0 Å². The first-order valence-electron chi connectivity index (χ1n) is 7.54. The Morgan fingerprint density at radius 1 is 1.32 bits per heavy atom. The van der Waals surface area contributed by atoms with Crippen LogP contribution in [0, 0.1) is 16.7 Å². The number of nitriles is 1. The van der Waals surface area contributed by atoms with Crippen molar-refractivity contribution in [1.29, 1.82) is 5.26 Å². The minimum atomic E-state index is -0.854. The second kappa shape index (κ2) is 4.44. The van der Waals surface area contributed by atoms with Crippen molar-refractivity contribution in [2.24, 2.45) is 5.41 Å². The molecule has 0 amide bonds. The lowest BCUT2D eigenvalue weighted by Crippen LogP contribution is -2.58. The Morgan fingerprint density at radius 2 is 2.00 bits per heavy atom. The van der Waals surface area contributed by atoms with E-state index in [4.69, 9.17) is 4.74 Å². The Morgan fingerprint density at radius 3 is 2.42 bits per heavy atom. The summed E-state index contributed by atoms with van der Waals surface area (Å²) in [5.41, 5.74) is -1.51. The Bertz CT molecular complexity index is 395. The predicted molar refractivity (Wildman–Crippen MR) is 71.5 cm³/mol. The molecule has 3 atom stereocenters. The number of hydrogen-bond acceptors (Lipinski definition) is 4. The predicted octanol–water partition coefficient (Wildman–Crippen LogP) is 1.68. The van der Waals surface area contributed by atoms with Gasteiger partial charge in [-0.3, -0.25) is 0 Å². The normalized spacial score (nSPS) is 41.6. The van der Waals surface area contributed by atoms with Gasteiger partial charge in [0.15, 0.2) is 0 Å². The first kappa shape index (κ1) is 13.4. The highest BCUT2D eigenvalue weighted by molar-refractivity contribution is 5.21. The Labute approximate surface area is 115 Å². The highest BCUT2D eigenvalue weighted by Gasteiger charge is 2.63. The lowest BCUT2D eigenvalue weighted by Gasteiger charge is -2.49. The van der Waals surface area contributed by atoms with Gasteiger partial charge in [-0.05, 0) is 46.0 Å². The number of nitrogens with zero attached hydrogens (tertiary/aromatic N) is 2. The molecule has 0 aromatic rings. The average Bonchev–Trinajstić information content (AvgIpc) is 3.00. The van der Waals surface area contributed by atoms with E-state index in [1.165, 1.54) is 0 Å². The van der Waals surface area contributed by atoms with Gasteiger partial charge in [-0.15, -0.1) is 0 Å². The summed E-state index contributed by atoms with van der Waals surface area (Å²) in [5, 5.41) is 20.8. The number of rotatable bonds is 2. The van der Waals surface area contributed by atoms with Crippen LogP contribution in [0.25, 0.3) is 0 Å². The molecule has 3 saturated heterocycles. The van der Waals surface area contributed by atoms with Gasteiger partial charge in [-0.1, -0.05) is 0 Å². The molecule has 0 aromatic heterocycles. The molecule has 3 rings (SSSR count). The van der Waals surface area contributed by atoms with E-state index in [2.05, 4.69) is 24.8 Å². The zero-order valence-corrected chi connectivity index (χ0v) is 11.9. The van der Waals surface area contributed by atoms with E-state index in [9.17, 15) is 10.4 Å². The van der Waals surface area contributed by atoms with Crippen LogP contribution in [-0.4, -0.2) is 46.9 Å². The average molecular weight is 264 g/mol. The molecule has 0 saturated carbocycles. The monoisotopic (exact) mass is 264 g/mol. The maximum Gasteiger partial charge on any atom is 0.115 e. The third-order valence-corrected chi connectivity index (χ3v) is 5.59. The Kier molecular flexibility index (Phi) is 3.12. The Hall–Kier alpha value is -0.630. The van der Waals surface area contributed by atoms with Gasteiger partial charge in [0.25, 0.3) is 0 Å². The number of ether oxygens (including phenoxy) is 1. The molecule has 3 fully saturated rings. The fraction of sp³-hybridized carbons (Fsp3) is 0.933. The van der Waals surface area contributed by atoms with Gasteiger partial charge in [-0.25, -0.2) is 0 Å². The lowest BCUT2D eigenvalue weighted by molar-refractivity contribution is -0.121. The third-order valence-electron chi connectivity index (χ3n) is 5.59. The minimum Gasteiger partial charge on any atom is -0.388 e. The van der Waals surface area contributed by atoms with Crippen molar-refractivity contribution >= 4 is 0 Å². The summed E-state index contributed by atoms with van der Waals surface area (Å²) in [6.45, 7) is 6.14. The van der Waals surface area contributed by atoms with Gasteiger partial charge in [0.1, 0.15) is 5.41 Å². The smallest absolute Gasteiger partial charge is 0.115 e. The first-order valence-corrected chi connectivity index (χ1v) is 7.54. The van der Waals surface area contributed by atoms with Gasteiger partial charge in [0.05, 0.1) is 23.9 Å². The molecule has 4 nitrogen and oxygen atoms in total. The second-order valence-corrected chi connectivity index (χ2v) is 6.77. The van der Waals surface area contributed by atoms with Crippen molar-refractivity contribution in [3.05, 3.63) is 0 Å². The van der Waals surface area contributed by atoms with Crippen LogP contribution < -0.4 is 0 Å². The molecule has 3 unspecified atom stereocenters. The van der Waals surface area contributed by atoms with Crippen molar-refractivity contribution < 1.29 is 9.84 Å². The summed E-state index contributed by atoms with van der Waals surface area (Å²) in [6, 6.07) is 2.98. The van der Waals surface area contributed by atoms with Crippen molar-refractivity contribution in [2.45, 2.75) is 69.8 Å². The van der Waals surface area contributed by atoms with Crippen molar-refractivity contribution in [1.82, 2.24) is 4.90 Å². The van der Waals surface area contributed by atoms with Crippen LogP contribution in [0.2, 0.25) is 0 Å². The molecule has 1 N–H and O–H groups in total. The van der Waals surface area contributed by atoms with Gasteiger partial charge in [0.2, 0.25) is 0 Å². The van der Waals surface area contributed by atoms with E-state index in [-0.39, 0.29) is 12.2 Å². The van der Waals surface area contributed by atoms with Crippen LogP contribution in [-0.2, 0) is 4.74 Å². The zero-order chi connectivity index (χ0) is 13.7. The van der Waals surface area contributed by atoms with Crippen molar-refractivity contribution in [3.8, 4) is 6.07 Å². The van der Waals surface area contributed by atoms with E-state index in [1.54, 1.807) is 0 Å². The maximum absolute atomic E-state index is 11.1. The van der Waals surface area contributed by atoms with Crippen LogP contribution in [0.4, 0.5) is 0 Å². The summed E-state index contributed by atoms with van der Waals surface area (Å²) in [7, 11) is 0. The molecule has 106 valence electrons. The topological polar surface area (TPSA) is 56.5 Å². The number of aliphatic hydroxyl groups is 1. The van der Waals surface area contributed by atoms with Crippen LogP contribution in [0.3, 0.4) is 0 Å². The van der Waals surface area contributed by atoms with Crippen LogP contribution in [0.5, 0.6) is 0 Å². The molecule has 3 heterocycles. The molecule has 2 bridgehead atoms. The highest BCUT2D eigenvalue weighted by Crippen LogP contribution is 2.56. The SMILES string of the molecule is CC(C)N1CCC(O)(C2(C#N)CC3CCC2O3)CC1. The Balaban J connectivity index is 1.80. The molecule has 0 aliphatic carbocycles. The van der Waals surface area contributed by atoms with Crippen molar-refractivity contribution in [2.75, 3.05) is 13.1 Å². The fourth-order valence-corrected chi connectivity index (χ4v) is 4.28. The van der Waals surface area contributed by atoms with E-state index in [0.717, 1.165) is 32.4 Å². The summed E-state index contributed by atoms with van der Waals surface area (Å²) in [4.78, 5) is 2.38. The number of hydrogen-bond donors (Lipinski definition) is 1. The molecule has 0 aromatic carbocycles. The lowest BCUT2D eigenvalue weighted by atomic mass is 9.60. The number of fused-ring (bicyclic) bond motifs is 2. The molecule has 19 heavy (non-hydrogen) atoms. The molecule has 0 spiro atoms. The van der Waals surface area contributed by atoms with Gasteiger partial charge in [-0.2, -0.15) is 5.26 Å². The maximum atomic E-state index is 11.1. The molecular weight excluding hydrogens is 240 g/mol.